The second-order valence-corrected chi connectivity index (χ2v) is 6.92. The number of anilines is 1. The lowest BCUT2D eigenvalue weighted by atomic mass is 10.2. The number of carbonyl (C=O) groups excluding carboxylic acids is 3. The van der Waals surface area contributed by atoms with Crippen LogP contribution in [-0.4, -0.2) is 41.1 Å². The van der Waals surface area contributed by atoms with Crippen LogP contribution in [-0.2, 0) is 19.1 Å². The summed E-state index contributed by atoms with van der Waals surface area (Å²) >= 11 is 1.38. The molecule has 1 aliphatic heterocycles. The molecule has 0 unspecified atom stereocenters. The number of ether oxygens (including phenoxy) is 1. The number of hydrogen-bond acceptors (Lipinski definition) is 6. The van der Waals surface area contributed by atoms with Crippen LogP contribution in [0.15, 0.2) is 47.1 Å². The molecule has 0 saturated carbocycles. The molecule has 3 rings (SSSR count). The molecule has 9 heteroatoms. The van der Waals surface area contributed by atoms with Crippen LogP contribution in [0.3, 0.4) is 0 Å². The molecule has 1 aromatic heterocycles. The highest BCUT2D eigenvalue weighted by atomic mass is 32.2. The van der Waals surface area contributed by atoms with E-state index >= 15 is 0 Å². The number of benzene rings is 1. The molecule has 27 heavy (non-hydrogen) atoms. The Labute approximate surface area is 158 Å². The summed E-state index contributed by atoms with van der Waals surface area (Å²) in [7, 11) is 0. The number of thioether (sulfide) groups is 1. The lowest BCUT2D eigenvalue weighted by molar-refractivity contribution is -0.155. The van der Waals surface area contributed by atoms with Crippen LogP contribution >= 0.6 is 11.8 Å². The molecule has 2 atom stereocenters. The van der Waals surface area contributed by atoms with Crippen LogP contribution in [0.1, 0.15) is 18.1 Å². The fourth-order valence-electron chi connectivity index (χ4n) is 2.72. The van der Waals surface area contributed by atoms with Crippen molar-refractivity contribution >= 4 is 35.2 Å². The zero-order valence-electron chi connectivity index (χ0n) is 14.4. The van der Waals surface area contributed by atoms with E-state index in [-0.39, 0.29) is 11.6 Å². The Balaban J connectivity index is 1.58. The number of nitrogens with one attached hydrogen (secondary N) is 1. The predicted molar refractivity (Wildman–Crippen MR) is 96.2 cm³/mol. The predicted octanol–water partition coefficient (Wildman–Crippen LogP) is 2.56. The number of carbonyl (C=O) groups is 3. The first-order chi connectivity index (χ1) is 13.0. The smallest absolute Gasteiger partial charge is 0.330 e. The van der Waals surface area contributed by atoms with E-state index in [1.165, 1.54) is 48.0 Å². The van der Waals surface area contributed by atoms with Crippen LogP contribution in [0.25, 0.3) is 0 Å². The number of nitrogens with zero attached hydrogens (tertiary/aromatic N) is 1. The van der Waals surface area contributed by atoms with E-state index in [0.29, 0.717) is 11.5 Å². The van der Waals surface area contributed by atoms with Crippen LogP contribution in [0.2, 0.25) is 0 Å². The molecule has 0 radical (unpaired) electrons. The number of hydrogen-bond donors (Lipinski definition) is 1. The Hall–Kier alpha value is -2.81. The SMILES string of the molecule is CC(=O)N1[C@@H](c2ccco2)SC[C@H]1C(=O)OCC(=O)Nc1cccc(F)c1. The third kappa shape index (κ3) is 4.48. The summed E-state index contributed by atoms with van der Waals surface area (Å²) in [4.78, 5) is 37.7. The molecule has 2 heterocycles. The molecule has 1 aromatic carbocycles. The van der Waals surface area contributed by atoms with Gasteiger partial charge in [-0.25, -0.2) is 9.18 Å². The lowest BCUT2D eigenvalue weighted by Crippen LogP contribution is -2.43. The molecular formula is C18H17FN2O5S. The molecule has 1 N–H and O–H groups in total. The Morgan fingerprint density at radius 1 is 1.33 bits per heavy atom. The molecule has 1 aliphatic rings. The normalized spacial score (nSPS) is 19.0. The van der Waals surface area contributed by atoms with E-state index < -0.39 is 35.7 Å². The van der Waals surface area contributed by atoms with Gasteiger partial charge in [-0.3, -0.25) is 9.59 Å². The first-order valence-electron chi connectivity index (χ1n) is 8.11. The van der Waals surface area contributed by atoms with Crippen LogP contribution in [0.4, 0.5) is 10.1 Å². The average Bonchev–Trinajstić information content (AvgIpc) is 3.28. The van der Waals surface area contributed by atoms with Crippen LogP contribution in [0.5, 0.6) is 0 Å². The number of esters is 1. The summed E-state index contributed by atoms with van der Waals surface area (Å²) in [6.07, 6.45) is 1.50. The summed E-state index contributed by atoms with van der Waals surface area (Å²) in [5.41, 5.74) is 0.260. The van der Waals surface area contributed by atoms with Gasteiger partial charge in [-0.1, -0.05) is 6.07 Å². The number of rotatable bonds is 5. The maximum absolute atomic E-state index is 13.1. The van der Waals surface area contributed by atoms with Gasteiger partial charge in [-0.2, -0.15) is 0 Å². The Kier molecular flexibility index (Phi) is 5.80. The van der Waals surface area contributed by atoms with Crippen molar-refractivity contribution in [2.45, 2.75) is 18.3 Å². The average molecular weight is 392 g/mol. The lowest BCUT2D eigenvalue weighted by Gasteiger charge is -2.25. The molecule has 0 spiro atoms. The molecular weight excluding hydrogens is 375 g/mol. The molecule has 0 bridgehead atoms. The van der Waals surface area contributed by atoms with Crippen molar-refractivity contribution in [3.8, 4) is 0 Å². The fourth-order valence-corrected chi connectivity index (χ4v) is 4.14. The van der Waals surface area contributed by atoms with Crippen molar-refractivity contribution in [3.05, 3.63) is 54.2 Å². The highest BCUT2D eigenvalue weighted by molar-refractivity contribution is 7.99. The van der Waals surface area contributed by atoms with E-state index in [4.69, 9.17) is 9.15 Å². The monoisotopic (exact) mass is 392 g/mol. The minimum atomic E-state index is -0.815. The Morgan fingerprint density at radius 2 is 2.15 bits per heavy atom. The van der Waals surface area contributed by atoms with Crippen molar-refractivity contribution < 1.29 is 27.9 Å². The van der Waals surface area contributed by atoms with Crippen LogP contribution in [0, 0.1) is 5.82 Å². The zero-order chi connectivity index (χ0) is 19.4. The van der Waals surface area contributed by atoms with Gasteiger partial charge in [0.05, 0.1) is 6.26 Å². The number of furan rings is 1. The minimum absolute atomic E-state index is 0.260. The third-order valence-electron chi connectivity index (χ3n) is 3.88. The van der Waals surface area contributed by atoms with Gasteiger partial charge in [0.2, 0.25) is 5.91 Å². The van der Waals surface area contributed by atoms with Crippen molar-refractivity contribution in [1.29, 1.82) is 0 Å². The molecule has 2 aromatic rings. The van der Waals surface area contributed by atoms with Gasteiger partial charge in [-0.05, 0) is 30.3 Å². The second-order valence-electron chi connectivity index (χ2n) is 5.81. The van der Waals surface area contributed by atoms with E-state index in [1.807, 2.05) is 0 Å². The van der Waals surface area contributed by atoms with Gasteiger partial charge in [0.1, 0.15) is 23.0 Å². The van der Waals surface area contributed by atoms with Gasteiger partial charge in [0, 0.05) is 18.4 Å². The summed E-state index contributed by atoms with van der Waals surface area (Å²) in [6, 6.07) is 7.99. The maximum Gasteiger partial charge on any atom is 0.330 e. The molecule has 142 valence electrons. The number of halogens is 1. The van der Waals surface area contributed by atoms with E-state index in [1.54, 1.807) is 12.1 Å². The second kappa shape index (κ2) is 8.26. The topological polar surface area (TPSA) is 88.8 Å². The van der Waals surface area contributed by atoms with Gasteiger partial charge < -0.3 is 19.4 Å². The third-order valence-corrected chi connectivity index (χ3v) is 5.16. The molecule has 2 amide bonds. The maximum atomic E-state index is 13.1. The van der Waals surface area contributed by atoms with Crippen molar-refractivity contribution in [2.75, 3.05) is 17.7 Å². The summed E-state index contributed by atoms with van der Waals surface area (Å²) in [5, 5.41) is 2.02. The van der Waals surface area contributed by atoms with Crippen molar-refractivity contribution in [1.82, 2.24) is 4.90 Å². The van der Waals surface area contributed by atoms with Gasteiger partial charge in [-0.15, -0.1) is 11.8 Å². The van der Waals surface area contributed by atoms with Gasteiger partial charge >= 0.3 is 5.97 Å². The molecule has 7 nitrogen and oxygen atoms in total. The van der Waals surface area contributed by atoms with E-state index in [9.17, 15) is 18.8 Å². The summed E-state index contributed by atoms with van der Waals surface area (Å²) < 4.78 is 23.5. The summed E-state index contributed by atoms with van der Waals surface area (Å²) in [6.45, 7) is 0.826. The highest BCUT2D eigenvalue weighted by Gasteiger charge is 2.43. The number of amides is 2. The molecule has 1 fully saturated rings. The molecule has 0 aliphatic carbocycles. The fraction of sp³-hybridized carbons (Fsp3) is 0.278. The van der Waals surface area contributed by atoms with E-state index in [0.717, 1.165) is 6.07 Å². The van der Waals surface area contributed by atoms with Gasteiger partial charge in [0.15, 0.2) is 6.61 Å². The molecule has 1 saturated heterocycles. The first-order valence-corrected chi connectivity index (χ1v) is 9.16. The van der Waals surface area contributed by atoms with Crippen LogP contribution < -0.4 is 5.32 Å². The quantitative estimate of drug-likeness (QED) is 0.787. The van der Waals surface area contributed by atoms with Gasteiger partial charge in [0.25, 0.3) is 5.91 Å². The van der Waals surface area contributed by atoms with Crippen molar-refractivity contribution in [2.24, 2.45) is 0 Å². The van der Waals surface area contributed by atoms with E-state index in [2.05, 4.69) is 5.32 Å². The highest BCUT2D eigenvalue weighted by Crippen LogP contribution is 2.41. The standard InChI is InChI=1S/C18H17FN2O5S/c1-11(22)21-14(10-27-17(21)15-6-3-7-25-15)18(24)26-9-16(23)20-13-5-2-4-12(19)8-13/h2-8,14,17H,9-10H2,1H3,(H,20,23)/t14-,17+/m0/s1. The van der Waals surface area contributed by atoms with Crippen molar-refractivity contribution in [3.63, 3.8) is 0 Å². The summed E-state index contributed by atoms with van der Waals surface area (Å²) in [5.74, 6) is -1.18. The first kappa shape index (κ1) is 19.0. The largest absolute Gasteiger partial charge is 0.466 e. The zero-order valence-corrected chi connectivity index (χ0v) is 15.2. The minimum Gasteiger partial charge on any atom is -0.466 e. The Bertz CT molecular complexity index is 842. The Morgan fingerprint density at radius 3 is 2.81 bits per heavy atom.